The second kappa shape index (κ2) is 9.18. The van der Waals surface area contributed by atoms with Crippen molar-refractivity contribution in [2.45, 2.75) is 31.1 Å². The van der Waals surface area contributed by atoms with Crippen LogP contribution in [0.3, 0.4) is 0 Å². The Labute approximate surface area is 191 Å². The van der Waals surface area contributed by atoms with Gasteiger partial charge in [0, 0.05) is 37.8 Å². The summed E-state index contributed by atoms with van der Waals surface area (Å²) in [6, 6.07) is 8.83. The molecule has 2 saturated heterocycles. The Morgan fingerprint density at radius 2 is 1.82 bits per heavy atom. The molecule has 176 valence electrons. The molecule has 2 aromatic rings. The summed E-state index contributed by atoms with van der Waals surface area (Å²) >= 11 is 0. The van der Waals surface area contributed by atoms with Crippen LogP contribution in [0.15, 0.2) is 47.4 Å². The van der Waals surface area contributed by atoms with Gasteiger partial charge in [0.25, 0.3) is 0 Å². The van der Waals surface area contributed by atoms with E-state index >= 15 is 0 Å². The molecular formula is C23H25F2N3O4S. The average molecular weight is 478 g/mol. The number of hydrogen-bond donors (Lipinski definition) is 1. The molecular weight excluding hydrogens is 452 g/mol. The molecule has 0 spiro atoms. The summed E-state index contributed by atoms with van der Waals surface area (Å²) in [4.78, 5) is 26.3. The SMILES string of the molecule is CC1CCCN(S(=O)(=O)c2ccc(NC(=O)C3CC(=O)N(c4ccc(F)cc4F)C3)cc2)C1. The largest absolute Gasteiger partial charge is 0.326 e. The normalized spacial score (nSPS) is 21.9. The van der Waals surface area contributed by atoms with Gasteiger partial charge >= 0.3 is 0 Å². The molecule has 0 aliphatic carbocycles. The van der Waals surface area contributed by atoms with Gasteiger partial charge in [0.15, 0.2) is 0 Å². The van der Waals surface area contributed by atoms with Crippen molar-refractivity contribution in [3.05, 3.63) is 54.1 Å². The summed E-state index contributed by atoms with van der Waals surface area (Å²) in [6.07, 6.45) is 1.72. The summed E-state index contributed by atoms with van der Waals surface area (Å²) in [5, 5.41) is 2.69. The lowest BCUT2D eigenvalue weighted by Crippen LogP contribution is -2.39. The predicted octanol–water partition coefficient (Wildman–Crippen LogP) is 3.38. The topological polar surface area (TPSA) is 86.8 Å². The highest BCUT2D eigenvalue weighted by Crippen LogP contribution is 2.29. The molecule has 0 radical (unpaired) electrons. The van der Waals surface area contributed by atoms with E-state index in [1.165, 1.54) is 34.6 Å². The van der Waals surface area contributed by atoms with Crippen LogP contribution in [0.25, 0.3) is 0 Å². The predicted molar refractivity (Wildman–Crippen MR) is 119 cm³/mol. The molecule has 0 bridgehead atoms. The Hall–Kier alpha value is -2.85. The summed E-state index contributed by atoms with van der Waals surface area (Å²) in [5.41, 5.74) is 0.322. The first-order valence-corrected chi connectivity index (χ1v) is 12.3. The fraction of sp³-hybridized carbons (Fsp3) is 0.391. The molecule has 2 atom stereocenters. The van der Waals surface area contributed by atoms with Gasteiger partial charge in [-0.05, 0) is 55.2 Å². The minimum absolute atomic E-state index is 0.0349. The summed E-state index contributed by atoms with van der Waals surface area (Å²) < 4.78 is 54.4. The van der Waals surface area contributed by atoms with Crippen molar-refractivity contribution < 1.29 is 26.8 Å². The summed E-state index contributed by atoms with van der Waals surface area (Å²) in [7, 11) is -3.60. The van der Waals surface area contributed by atoms with Crippen molar-refractivity contribution in [3.63, 3.8) is 0 Å². The van der Waals surface area contributed by atoms with Gasteiger partial charge in [0.1, 0.15) is 11.6 Å². The number of nitrogens with one attached hydrogen (secondary N) is 1. The van der Waals surface area contributed by atoms with Gasteiger partial charge in [0.2, 0.25) is 21.8 Å². The quantitative estimate of drug-likeness (QED) is 0.715. The van der Waals surface area contributed by atoms with Crippen molar-refractivity contribution in [1.29, 1.82) is 0 Å². The van der Waals surface area contributed by atoms with E-state index in [0.717, 1.165) is 23.8 Å². The number of carbonyl (C=O) groups is 2. The van der Waals surface area contributed by atoms with Crippen LogP contribution in [-0.4, -0.2) is 44.2 Å². The van der Waals surface area contributed by atoms with E-state index in [2.05, 4.69) is 5.32 Å². The molecule has 2 unspecified atom stereocenters. The zero-order valence-corrected chi connectivity index (χ0v) is 18.9. The number of rotatable bonds is 5. The maximum atomic E-state index is 14.1. The summed E-state index contributed by atoms with van der Waals surface area (Å²) in [6.45, 7) is 2.97. The molecule has 1 N–H and O–H groups in total. The molecule has 7 nitrogen and oxygen atoms in total. The third kappa shape index (κ3) is 4.91. The van der Waals surface area contributed by atoms with Gasteiger partial charge in [-0.2, -0.15) is 4.31 Å². The van der Waals surface area contributed by atoms with E-state index < -0.39 is 39.4 Å². The smallest absolute Gasteiger partial charge is 0.243 e. The van der Waals surface area contributed by atoms with Crippen LogP contribution >= 0.6 is 0 Å². The van der Waals surface area contributed by atoms with Gasteiger partial charge in [0.05, 0.1) is 16.5 Å². The Morgan fingerprint density at radius 1 is 1.09 bits per heavy atom. The van der Waals surface area contributed by atoms with Crippen LogP contribution < -0.4 is 10.2 Å². The second-order valence-electron chi connectivity index (χ2n) is 8.63. The van der Waals surface area contributed by atoms with Crippen LogP contribution in [0.5, 0.6) is 0 Å². The minimum Gasteiger partial charge on any atom is -0.326 e. The first kappa shape index (κ1) is 23.3. The van der Waals surface area contributed by atoms with Gasteiger partial charge in [-0.1, -0.05) is 6.92 Å². The van der Waals surface area contributed by atoms with Crippen molar-refractivity contribution >= 4 is 33.2 Å². The number of piperidine rings is 1. The first-order valence-electron chi connectivity index (χ1n) is 10.8. The highest BCUT2D eigenvalue weighted by Gasteiger charge is 2.36. The Kier molecular flexibility index (Phi) is 6.49. The molecule has 2 aliphatic heterocycles. The van der Waals surface area contributed by atoms with Gasteiger partial charge < -0.3 is 10.2 Å². The number of halogens is 2. The molecule has 10 heteroatoms. The number of benzene rings is 2. The first-order chi connectivity index (χ1) is 15.6. The number of amides is 2. The molecule has 2 aromatic carbocycles. The fourth-order valence-corrected chi connectivity index (χ4v) is 5.88. The van der Waals surface area contributed by atoms with E-state index in [0.29, 0.717) is 30.8 Å². The minimum atomic E-state index is -3.60. The molecule has 0 saturated carbocycles. The highest BCUT2D eigenvalue weighted by molar-refractivity contribution is 7.89. The third-order valence-corrected chi connectivity index (χ3v) is 7.96. The summed E-state index contributed by atoms with van der Waals surface area (Å²) in [5.74, 6) is -2.90. The van der Waals surface area contributed by atoms with E-state index in [1.807, 2.05) is 6.92 Å². The molecule has 2 fully saturated rings. The average Bonchev–Trinajstić information content (AvgIpc) is 3.16. The number of nitrogens with zero attached hydrogens (tertiary/aromatic N) is 2. The van der Waals surface area contributed by atoms with Crippen molar-refractivity contribution in [3.8, 4) is 0 Å². The molecule has 2 amide bonds. The Bertz CT molecular complexity index is 1170. The lowest BCUT2D eigenvalue weighted by atomic mass is 10.0. The van der Waals surface area contributed by atoms with Gasteiger partial charge in [-0.15, -0.1) is 0 Å². The molecule has 4 rings (SSSR count). The van der Waals surface area contributed by atoms with Crippen molar-refractivity contribution in [2.75, 3.05) is 29.9 Å². The second-order valence-corrected chi connectivity index (χ2v) is 10.6. The number of sulfonamides is 1. The van der Waals surface area contributed by atoms with Crippen LogP contribution in [0.1, 0.15) is 26.2 Å². The van der Waals surface area contributed by atoms with Gasteiger partial charge in [-0.3, -0.25) is 9.59 Å². The molecule has 0 aromatic heterocycles. The molecule has 33 heavy (non-hydrogen) atoms. The maximum Gasteiger partial charge on any atom is 0.243 e. The monoisotopic (exact) mass is 477 g/mol. The molecule has 2 heterocycles. The number of anilines is 2. The van der Waals surface area contributed by atoms with E-state index in [4.69, 9.17) is 0 Å². The molecule has 2 aliphatic rings. The van der Waals surface area contributed by atoms with E-state index in [-0.39, 0.29) is 23.5 Å². The number of hydrogen-bond acceptors (Lipinski definition) is 4. The van der Waals surface area contributed by atoms with Crippen LogP contribution in [0.4, 0.5) is 20.2 Å². The van der Waals surface area contributed by atoms with E-state index in [9.17, 15) is 26.8 Å². The Balaban J connectivity index is 1.41. The third-order valence-electron chi connectivity index (χ3n) is 6.08. The standard InChI is InChI=1S/C23H25F2N3O4S/c1-15-3-2-10-27(13-15)33(31,32)19-7-5-18(6-8-19)26-23(30)16-11-22(29)28(14-16)21-9-4-17(24)12-20(21)25/h4-9,12,15-16H,2-3,10-11,13-14H2,1H3,(H,26,30). The zero-order valence-electron chi connectivity index (χ0n) is 18.1. The zero-order chi connectivity index (χ0) is 23.8. The van der Waals surface area contributed by atoms with E-state index in [1.54, 1.807) is 0 Å². The Morgan fingerprint density at radius 3 is 2.48 bits per heavy atom. The van der Waals surface area contributed by atoms with Crippen LogP contribution in [0.2, 0.25) is 0 Å². The van der Waals surface area contributed by atoms with Crippen LogP contribution in [-0.2, 0) is 19.6 Å². The highest BCUT2D eigenvalue weighted by atomic mass is 32.2. The van der Waals surface area contributed by atoms with Gasteiger partial charge in [-0.25, -0.2) is 17.2 Å². The fourth-order valence-electron chi connectivity index (χ4n) is 4.28. The lowest BCUT2D eigenvalue weighted by molar-refractivity contribution is -0.122. The van der Waals surface area contributed by atoms with Crippen molar-refractivity contribution in [1.82, 2.24) is 4.31 Å². The maximum absolute atomic E-state index is 14.1. The number of carbonyl (C=O) groups excluding carboxylic acids is 2. The van der Waals surface area contributed by atoms with Crippen molar-refractivity contribution in [2.24, 2.45) is 11.8 Å². The van der Waals surface area contributed by atoms with Crippen LogP contribution in [0, 0.1) is 23.5 Å². The lowest BCUT2D eigenvalue weighted by Gasteiger charge is -2.30.